The number of benzene rings is 1. The van der Waals surface area contributed by atoms with Crippen LogP contribution >= 0.6 is 15.9 Å². The molecule has 1 aromatic rings. The number of Topliss-reactive ketones (excluding diaryl/α,β-unsaturated/α-hetero) is 1. The van der Waals surface area contributed by atoms with Crippen LogP contribution in [0.4, 0.5) is 13.2 Å². The zero-order valence-corrected chi connectivity index (χ0v) is 11.7. The van der Waals surface area contributed by atoms with Crippen molar-refractivity contribution in [3.63, 3.8) is 0 Å². The lowest BCUT2D eigenvalue weighted by Crippen LogP contribution is -2.20. The van der Waals surface area contributed by atoms with E-state index in [2.05, 4.69) is 20.7 Å². The number of hydrogen-bond acceptors (Lipinski definition) is 3. The van der Waals surface area contributed by atoms with E-state index >= 15 is 0 Å². The van der Waals surface area contributed by atoms with Crippen LogP contribution in [0.5, 0.6) is 11.5 Å². The van der Waals surface area contributed by atoms with Crippen molar-refractivity contribution in [1.29, 1.82) is 0 Å². The van der Waals surface area contributed by atoms with Gasteiger partial charge in [0.05, 0.1) is 12.2 Å². The Balaban J connectivity index is 3.21. The van der Waals surface area contributed by atoms with Crippen LogP contribution in [0, 0.1) is 0 Å². The summed E-state index contributed by atoms with van der Waals surface area (Å²) in [6.07, 6.45) is -4.81. The first kappa shape index (κ1) is 15.8. The molecule has 0 bridgehead atoms. The Labute approximate surface area is 116 Å². The zero-order valence-electron chi connectivity index (χ0n) is 10.1. The fourth-order valence-electron chi connectivity index (χ4n) is 1.45. The van der Waals surface area contributed by atoms with Gasteiger partial charge in [-0.2, -0.15) is 0 Å². The maximum atomic E-state index is 12.4. The van der Waals surface area contributed by atoms with E-state index in [-0.39, 0.29) is 24.3 Å². The monoisotopic (exact) mass is 340 g/mol. The van der Waals surface area contributed by atoms with E-state index in [4.69, 9.17) is 4.74 Å². The predicted octanol–water partition coefficient (Wildman–Crippen LogP) is 3.95. The smallest absolute Gasteiger partial charge is 0.490 e. The number of alkyl halides is 4. The molecule has 0 radical (unpaired) electrons. The summed E-state index contributed by atoms with van der Waals surface area (Å²) in [5.41, 5.74) is -0.136. The summed E-state index contributed by atoms with van der Waals surface area (Å²) < 4.78 is 46.2. The van der Waals surface area contributed by atoms with Gasteiger partial charge in [0.15, 0.2) is 17.3 Å². The molecule has 7 heteroatoms. The average Bonchev–Trinajstić information content (AvgIpc) is 2.30. The molecular weight excluding hydrogens is 329 g/mol. The fourth-order valence-corrected chi connectivity index (χ4v) is 1.81. The van der Waals surface area contributed by atoms with Crippen LogP contribution in [-0.4, -0.2) is 24.1 Å². The van der Waals surface area contributed by atoms with Gasteiger partial charge in [0.25, 0.3) is 0 Å². The largest absolute Gasteiger partial charge is 0.573 e. The summed E-state index contributed by atoms with van der Waals surface area (Å²) in [6.45, 7) is 1.80. The van der Waals surface area contributed by atoms with Crippen LogP contribution in [0.25, 0.3) is 0 Å². The Bertz CT molecular complexity index is 446. The quantitative estimate of drug-likeness (QED) is 0.581. The van der Waals surface area contributed by atoms with Gasteiger partial charge in [-0.1, -0.05) is 22.0 Å². The van der Waals surface area contributed by atoms with E-state index in [0.29, 0.717) is 5.33 Å². The van der Waals surface area contributed by atoms with Crippen LogP contribution in [0.3, 0.4) is 0 Å². The first-order valence-corrected chi connectivity index (χ1v) is 6.62. The average molecular weight is 341 g/mol. The molecule has 3 nitrogen and oxygen atoms in total. The first-order valence-electron chi connectivity index (χ1n) is 5.49. The summed E-state index contributed by atoms with van der Waals surface area (Å²) in [5.74, 6) is -1.12. The topological polar surface area (TPSA) is 35.5 Å². The van der Waals surface area contributed by atoms with Gasteiger partial charge in [-0.05, 0) is 19.1 Å². The van der Waals surface area contributed by atoms with E-state index in [1.807, 2.05) is 0 Å². The van der Waals surface area contributed by atoms with Crippen LogP contribution in [0.2, 0.25) is 0 Å². The van der Waals surface area contributed by atoms with E-state index < -0.39 is 17.9 Å². The minimum absolute atomic E-state index is 0.0732. The zero-order chi connectivity index (χ0) is 14.5. The number of ketones is 1. The molecule has 0 saturated heterocycles. The van der Waals surface area contributed by atoms with Gasteiger partial charge in [-0.25, -0.2) is 0 Å². The molecule has 0 spiro atoms. The minimum atomic E-state index is -4.88. The Kier molecular flexibility index (Phi) is 5.65. The molecule has 0 amide bonds. The van der Waals surface area contributed by atoms with Gasteiger partial charge < -0.3 is 9.47 Å². The van der Waals surface area contributed by atoms with Crippen molar-refractivity contribution in [1.82, 2.24) is 0 Å². The van der Waals surface area contributed by atoms with Crippen molar-refractivity contribution in [2.24, 2.45) is 0 Å². The van der Waals surface area contributed by atoms with Crippen molar-refractivity contribution < 1.29 is 27.4 Å². The lowest BCUT2D eigenvalue weighted by molar-refractivity contribution is -0.275. The third-order valence-electron chi connectivity index (χ3n) is 2.12. The van der Waals surface area contributed by atoms with Crippen LogP contribution in [-0.2, 0) is 0 Å². The van der Waals surface area contributed by atoms with Crippen LogP contribution in [0.15, 0.2) is 18.2 Å². The molecule has 0 N–H and O–H groups in total. The number of rotatable bonds is 6. The molecule has 1 rings (SSSR count). The highest BCUT2D eigenvalue weighted by molar-refractivity contribution is 9.09. The normalized spacial score (nSPS) is 11.2. The second-order valence-electron chi connectivity index (χ2n) is 3.48. The maximum absolute atomic E-state index is 12.4. The van der Waals surface area contributed by atoms with E-state index in [0.717, 1.165) is 0 Å². The molecule has 0 atom stereocenters. The molecule has 0 aromatic heterocycles. The Morgan fingerprint density at radius 1 is 1.37 bits per heavy atom. The summed E-state index contributed by atoms with van der Waals surface area (Å²) in [5, 5.41) is 0.357. The number of halogens is 4. The van der Waals surface area contributed by atoms with E-state index in [1.54, 1.807) is 6.92 Å². The SMILES string of the molecule is CCOc1cccc(C(=O)CCBr)c1OC(F)(F)F. The Morgan fingerprint density at radius 2 is 2.05 bits per heavy atom. The number of carbonyl (C=O) groups excluding carboxylic acids is 1. The van der Waals surface area contributed by atoms with Gasteiger partial charge in [0, 0.05) is 11.8 Å². The molecule has 0 aliphatic heterocycles. The highest BCUT2D eigenvalue weighted by Crippen LogP contribution is 2.36. The lowest BCUT2D eigenvalue weighted by Gasteiger charge is -2.16. The number of hydrogen-bond donors (Lipinski definition) is 0. The standard InChI is InChI=1S/C12H12BrF3O3/c1-2-18-10-5-3-4-8(9(17)6-7-13)11(10)19-12(14,15)16/h3-5H,2,6-7H2,1H3. The van der Waals surface area contributed by atoms with Crippen LogP contribution < -0.4 is 9.47 Å². The van der Waals surface area contributed by atoms with Gasteiger partial charge in [0.2, 0.25) is 0 Å². The second kappa shape index (κ2) is 6.79. The molecule has 0 aliphatic rings. The fraction of sp³-hybridized carbons (Fsp3) is 0.417. The molecule has 0 fully saturated rings. The Hall–Kier alpha value is -1.24. The summed E-state index contributed by atoms with van der Waals surface area (Å²) >= 11 is 3.07. The Morgan fingerprint density at radius 3 is 2.58 bits per heavy atom. The molecule has 0 heterocycles. The number of carbonyl (C=O) groups is 1. The molecule has 0 saturated carbocycles. The predicted molar refractivity (Wildman–Crippen MR) is 67.0 cm³/mol. The number of para-hydroxylation sites is 1. The van der Waals surface area contributed by atoms with Crippen LogP contribution in [0.1, 0.15) is 23.7 Å². The third-order valence-corrected chi connectivity index (χ3v) is 2.51. The van der Waals surface area contributed by atoms with Crippen molar-refractivity contribution in [3.8, 4) is 11.5 Å². The summed E-state index contributed by atoms with van der Waals surface area (Å²) in [6, 6.07) is 4.07. The van der Waals surface area contributed by atoms with E-state index in [9.17, 15) is 18.0 Å². The molecule has 0 unspecified atom stereocenters. The van der Waals surface area contributed by atoms with Gasteiger partial charge in [-0.15, -0.1) is 13.2 Å². The van der Waals surface area contributed by atoms with Crippen molar-refractivity contribution >= 4 is 21.7 Å². The van der Waals surface area contributed by atoms with Crippen molar-refractivity contribution in [2.45, 2.75) is 19.7 Å². The van der Waals surface area contributed by atoms with Gasteiger partial charge >= 0.3 is 6.36 Å². The third kappa shape index (κ3) is 4.74. The molecule has 1 aromatic carbocycles. The second-order valence-corrected chi connectivity index (χ2v) is 4.27. The number of ether oxygens (including phenoxy) is 2. The molecule has 0 aliphatic carbocycles. The highest BCUT2D eigenvalue weighted by atomic mass is 79.9. The maximum Gasteiger partial charge on any atom is 0.573 e. The van der Waals surface area contributed by atoms with Crippen molar-refractivity contribution in [3.05, 3.63) is 23.8 Å². The highest BCUT2D eigenvalue weighted by Gasteiger charge is 2.34. The summed E-state index contributed by atoms with van der Waals surface area (Å²) in [7, 11) is 0. The molecule has 19 heavy (non-hydrogen) atoms. The summed E-state index contributed by atoms with van der Waals surface area (Å²) in [4.78, 5) is 11.8. The lowest BCUT2D eigenvalue weighted by atomic mass is 10.1. The van der Waals surface area contributed by atoms with E-state index in [1.165, 1.54) is 18.2 Å². The molecular formula is C12H12BrF3O3. The van der Waals surface area contributed by atoms with Gasteiger partial charge in [0.1, 0.15) is 0 Å². The first-order chi connectivity index (χ1) is 8.89. The van der Waals surface area contributed by atoms with Crippen molar-refractivity contribution in [2.75, 3.05) is 11.9 Å². The molecule has 106 valence electrons. The van der Waals surface area contributed by atoms with Gasteiger partial charge in [-0.3, -0.25) is 4.79 Å². The minimum Gasteiger partial charge on any atom is -0.490 e.